The van der Waals surface area contributed by atoms with E-state index in [0.717, 1.165) is 11.1 Å². The van der Waals surface area contributed by atoms with Gasteiger partial charge in [-0.05, 0) is 37.1 Å². The van der Waals surface area contributed by atoms with Gasteiger partial charge in [0, 0.05) is 45.0 Å². The van der Waals surface area contributed by atoms with Crippen molar-refractivity contribution >= 4 is 11.8 Å². The van der Waals surface area contributed by atoms with Gasteiger partial charge in [-0.1, -0.05) is 29.8 Å². The fraction of sp³-hybridized carbons (Fsp3) is 0.381. The van der Waals surface area contributed by atoms with Crippen molar-refractivity contribution in [2.45, 2.75) is 33.4 Å². The van der Waals surface area contributed by atoms with Crippen LogP contribution in [0.1, 0.15) is 30.0 Å². The summed E-state index contributed by atoms with van der Waals surface area (Å²) in [5.74, 6) is -0.136. The summed E-state index contributed by atoms with van der Waals surface area (Å²) < 4.78 is 0. The molecule has 0 aliphatic carbocycles. The van der Waals surface area contributed by atoms with E-state index in [1.807, 2.05) is 55.1 Å². The van der Waals surface area contributed by atoms with Gasteiger partial charge in [0.15, 0.2) is 0 Å². The highest BCUT2D eigenvalue weighted by Crippen LogP contribution is 2.23. The zero-order chi connectivity index (χ0) is 18.5. The zero-order valence-corrected chi connectivity index (χ0v) is 15.4. The molecule has 1 unspecified atom stereocenters. The zero-order valence-electron chi connectivity index (χ0n) is 15.4. The molecule has 0 saturated carbocycles. The summed E-state index contributed by atoms with van der Waals surface area (Å²) >= 11 is 0. The van der Waals surface area contributed by atoms with Gasteiger partial charge in [-0.15, -0.1) is 0 Å². The van der Waals surface area contributed by atoms with E-state index in [4.69, 9.17) is 0 Å². The van der Waals surface area contributed by atoms with Crippen molar-refractivity contribution in [2.24, 2.45) is 5.92 Å². The standard InChI is InChI=1S/C21H25N3O2/c1-3-23(13-18-8-10-22-11-9-18)21(26)19-12-20(25)24(15-19)14-17-6-4-16(2)5-7-17/h4-11,19H,3,12-15H2,1-2H3. The number of hydrogen-bond acceptors (Lipinski definition) is 3. The predicted octanol–water partition coefficient (Wildman–Crippen LogP) is 2.79. The van der Waals surface area contributed by atoms with Gasteiger partial charge in [0.25, 0.3) is 0 Å². The Morgan fingerprint density at radius 1 is 1.15 bits per heavy atom. The predicted molar refractivity (Wildman–Crippen MR) is 100 cm³/mol. The van der Waals surface area contributed by atoms with Crippen molar-refractivity contribution in [3.05, 3.63) is 65.5 Å². The molecule has 1 atom stereocenters. The van der Waals surface area contributed by atoms with Crippen molar-refractivity contribution in [3.8, 4) is 0 Å². The quantitative estimate of drug-likeness (QED) is 0.804. The summed E-state index contributed by atoms with van der Waals surface area (Å²) in [6, 6.07) is 12.0. The molecule has 1 saturated heterocycles. The summed E-state index contributed by atoms with van der Waals surface area (Å²) in [5.41, 5.74) is 3.35. The topological polar surface area (TPSA) is 53.5 Å². The molecule has 2 heterocycles. The van der Waals surface area contributed by atoms with Gasteiger partial charge in [0.2, 0.25) is 11.8 Å². The molecule has 1 aliphatic heterocycles. The lowest BCUT2D eigenvalue weighted by molar-refractivity contribution is -0.136. The highest BCUT2D eigenvalue weighted by Gasteiger charge is 2.36. The molecule has 5 heteroatoms. The van der Waals surface area contributed by atoms with Crippen molar-refractivity contribution in [1.29, 1.82) is 0 Å². The molecule has 1 aromatic carbocycles. The SMILES string of the molecule is CCN(Cc1ccncc1)C(=O)C1CC(=O)N(Cc2ccc(C)cc2)C1. The Kier molecular flexibility index (Phi) is 5.66. The van der Waals surface area contributed by atoms with Crippen LogP contribution in [0.5, 0.6) is 0 Å². The van der Waals surface area contributed by atoms with Crippen molar-refractivity contribution in [1.82, 2.24) is 14.8 Å². The fourth-order valence-corrected chi connectivity index (χ4v) is 3.32. The molecule has 0 radical (unpaired) electrons. The van der Waals surface area contributed by atoms with Crippen molar-refractivity contribution in [3.63, 3.8) is 0 Å². The van der Waals surface area contributed by atoms with Gasteiger partial charge >= 0.3 is 0 Å². The molecular weight excluding hydrogens is 326 g/mol. The Morgan fingerprint density at radius 2 is 1.85 bits per heavy atom. The fourth-order valence-electron chi connectivity index (χ4n) is 3.32. The molecule has 5 nitrogen and oxygen atoms in total. The molecular formula is C21H25N3O2. The summed E-state index contributed by atoms with van der Waals surface area (Å²) in [6.45, 7) is 6.27. The number of nitrogens with zero attached hydrogens (tertiary/aromatic N) is 3. The molecule has 2 aromatic rings. The molecule has 0 N–H and O–H groups in total. The monoisotopic (exact) mass is 351 g/mol. The molecule has 0 spiro atoms. The summed E-state index contributed by atoms with van der Waals surface area (Å²) in [6.07, 6.45) is 3.77. The number of rotatable bonds is 6. The molecule has 26 heavy (non-hydrogen) atoms. The lowest BCUT2D eigenvalue weighted by Crippen LogP contribution is -2.36. The van der Waals surface area contributed by atoms with Gasteiger partial charge < -0.3 is 9.80 Å². The van der Waals surface area contributed by atoms with Crippen LogP contribution < -0.4 is 0 Å². The first-order chi connectivity index (χ1) is 12.6. The van der Waals surface area contributed by atoms with Crippen LogP contribution in [0, 0.1) is 12.8 Å². The van der Waals surface area contributed by atoms with Gasteiger partial charge in [-0.25, -0.2) is 0 Å². The van der Waals surface area contributed by atoms with Crippen LogP contribution in [0.3, 0.4) is 0 Å². The Bertz CT molecular complexity index is 759. The molecule has 1 fully saturated rings. The number of benzene rings is 1. The van der Waals surface area contributed by atoms with Crippen LogP contribution in [-0.4, -0.2) is 39.7 Å². The Morgan fingerprint density at radius 3 is 2.50 bits per heavy atom. The smallest absolute Gasteiger partial charge is 0.228 e. The Hall–Kier alpha value is -2.69. The molecule has 1 aromatic heterocycles. The average Bonchev–Trinajstić information content (AvgIpc) is 3.02. The van der Waals surface area contributed by atoms with E-state index < -0.39 is 0 Å². The maximum absolute atomic E-state index is 12.9. The number of aromatic nitrogens is 1. The van der Waals surface area contributed by atoms with Crippen LogP contribution in [0.15, 0.2) is 48.8 Å². The molecule has 2 amide bonds. The van der Waals surface area contributed by atoms with Gasteiger partial charge in [-0.3, -0.25) is 14.6 Å². The summed E-state index contributed by atoms with van der Waals surface area (Å²) in [5, 5.41) is 0. The van der Waals surface area contributed by atoms with Crippen LogP contribution in [0.4, 0.5) is 0 Å². The number of aryl methyl sites for hydroxylation is 1. The minimum absolute atomic E-state index is 0.0592. The third kappa shape index (κ3) is 4.28. The first kappa shape index (κ1) is 18.1. The van der Waals surface area contributed by atoms with Gasteiger partial charge in [-0.2, -0.15) is 0 Å². The number of amides is 2. The third-order valence-corrected chi connectivity index (χ3v) is 4.87. The van der Waals surface area contributed by atoms with E-state index in [2.05, 4.69) is 4.98 Å². The van der Waals surface area contributed by atoms with Crippen molar-refractivity contribution in [2.75, 3.05) is 13.1 Å². The van der Waals surface area contributed by atoms with Crippen LogP contribution in [-0.2, 0) is 22.7 Å². The third-order valence-electron chi connectivity index (χ3n) is 4.87. The Balaban J connectivity index is 1.62. The number of hydrogen-bond donors (Lipinski definition) is 0. The second-order valence-corrected chi connectivity index (χ2v) is 6.87. The maximum atomic E-state index is 12.9. The van der Waals surface area contributed by atoms with E-state index in [9.17, 15) is 9.59 Å². The van der Waals surface area contributed by atoms with E-state index in [-0.39, 0.29) is 17.7 Å². The normalized spacial score (nSPS) is 16.8. The van der Waals surface area contributed by atoms with E-state index in [1.165, 1.54) is 5.56 Å². The molecule has 136 valence electrons. The first-order valence-electron chi connectivity index (χ1n) is 9.08. The number of likely N-dealkylation sites (tertiary alicyclic amines) is 1. The number of carbonyl (C=O) groups is 2. The molecule has 3 rings (SSSR count). The molecule has 1 aliphatic rings. The highest BCUT2D eigenvalue weighted by molar-refractivity contribution is 5.89. The van der Waals surface area contributed by atoms with E-state index >= 15 is 0 Å². The molecule has 0 bridgehead atoms. The second-order valence-electron chi connectivity index (χ2n) is 6.87. The average molecular weight is 351 g/mol. The number of carbonyl (C=O) groups excluding carboxylic acids is 2. The van der Waals surface area contributed by atoms with Crippen LogP contribution >= 0.6 is 0 Å². The van der Waals surface area contributed by atoms with Gasteiger partial charge in [0.1, 0.15) is 0 Å². The highest BCUT2D eigenvalue weighted by atomic mass is 16.2. The van der Waals surface area contributed by atoms with Crippen LogP contribution in [0.25, 0.3) is 0 Å². The van der Waals surface area contributed by atoms with Gasteiger partial charge in [0.05, 0.1) is 5.92 Å². The minimum atomic E-state index is -0.255. The summed E-state index contributed by atoms with van der Waals surface area (Å²) in [4.78, 5) is 32.9. The largest absolute Gasteiger partial charge is 0.338 e. The first-order valence-corrected chi connectivity index (χ1v) is 9.08. The van der Waals surface area contributed by atoms with E-state index in [1.54, 1.807) is 17.3 Å². The van der Waals surface area contributed by atoms with E-state index in [0.29, 0.717) is 32.6 Å². The number of pyridine rings is 1. The lowest BCUT2D eigenvalue weighted by Gasteiger charge is -2.24. The lowest BCUT2D eigenvalue weighted by atomic mass is 10.1. The minimum Gasteiger partial charge on any atom is -0.338 e. The van der Waals surface area contributed by atoms with Crippen molar-refractivity contribution < 1.29 is 9.59 Å². The van der Waals surface area contributed by atoms with Crippen LogP contribution in [0.2, 0.25) is 0 Å². The summed E-state index contributed by atoms with van der Waals surface area (Å²) in [7, 11) is 0. The second kappa shape index (κ2) is 8.13. The maximum Gasteiger partial charge on any atom is 0.228 e. The Labute approximate surface area is 154 Å².